The smallest absolute Gasteiger partial charge is 0.392 e. The van der Waals surface area contributed by atoms with Crippen LogP contribution in [0.2, 0.25) is 0 Å². The van der Waals surface area contributed by atoms with Gasteiger partial charge in [0.1, 0.15) is 5.82 Å². The summed E-state index contributed by atoms with van der Waals surface area (Å²) in [6.45, 7) is -1.28. The van der Waals surface area contributed by atoms with Crippen LogP contribution in [0.3, 0.4) is 0 Å². The maximum absolute atomic E-state index is 13.4. The van der Waals surface area contributed by atoms with E-state index in [0.29, 0.717) is 24.2 Å². The van der Waals surface area contributed by atoms with E-state index in [9.17, 15) is 30.8 Å². The number of sulfonamides is 1. The molecule has 2 fully saturated rings. The fourth-order valence-corrected chi connectivity index (χ4v) is 5.34. The van der Waals surface area contributed by atoms with E-state index in [0.717, 1.165) is 25.7 Å². The number of halogens is 4. The average Bonchev–Trinajstić information content (AvgIpc) is 3.63. The van der Waals surface area contributed by atoms with Gasteiger partial charge in [0.25, 0.3) is 11.8 Å². The van der Waals surface area contributed by atoms with Crippen LogP contribution in [0.25, 0.3) is 0 Å². The number of nitrogens with zero attached hydrogens (tertiary/aromatic N) is 2. The Morgan fingerprint density at radius 2 is 1.82 bits per heavy atom. The molecule has 1 aliphatic carbocycles. The minimum absolute atomic E-state index is 0.0764. The first-order valence-electron chi connectivity index (χ1n) is 12.6. The van der Waals surface area contributed by atoms with Gasteiger partial charge in [-0.2, -0.15) is 18.2 Å². The van der Waals surface area contributed by atoms with Gasteiger partial charge in [-0.05, 0) is 61.4 Å². The average molecular weight is 591 g/mol. The van der Waals surface area contributed by atoms with Gasteiger partial charge in [0.2, 0.25) is 16.9 Å². The van der Waals surface area contributed by atoms with Gasteiger partial charge in [-0.15, -0.1) is 0 Å². The third kappa shape index (κ3) is 7.87. The van der Waals surface area contributed by atoms with Gasteiger partial charge >= 0.3 is 6.18 Å². The number of ether oxygens (including phenoxy) is 2. The first-order valence-corrected chi connectivity index (χ1v) is 14.3. The molecule has 0 bridgehead atoms. The van der Waals surface area contributed by atoms with E-state index < -0.39 is 60.2 Å². The van der Waals surface area contributed by atoms with Crippen LogP contribution in [0.15, 0.2) is 30.3 Å². The minimum atomic E-state index is -4.48. The zero-order valence-electron chi connectivity index (χ0n) is 21.5. The van der Waals surface area contributed by atoms with E-state index >= 15 is 0 Å². The van der Waals surface area contributed by atoms with Crippen molar-refractivity contribution in [3.05, 3.63) is 35.9 Å². The molecule has 1 aromatic heterocycles. The van der Waals surface area contributed by atoms with Crippen molar-refractivity contribution in [2.24, 2.45) is 5.41 Å². The maximum Gasteiger partial charge on any atom is 0.392 e. The van der Waals surface area contributed by atoms with Crippen LogP contribution < -0.4 is 24.4 Å². The monoisotopic (exact) mass is 590 g/mol. The van der Waals surface area contributed by atoms with Gasteiger partial charge in [0.15, 0.2) is 5.75 Å². The second-order valence-corrected chi connectivity index (χ2v) is 11.6. The third-order valence-corrected chi connectivity index (χ3v) is 8.17. The number of pyridine rings is 1. The fraction of sp³-hybridized carbons (Fsp3) is 0.520. The molecule has 2 aliphatic rings. The Morgan fingerprint density at radius 3 is 2.45 bits per heavy atom. The summed E-state index contributed by atoms with van der Waals surface area (Å²) in [5.74, 6) is -1.82. The third-order valence-electron chi connectivity index (χ3n) is 6.90. The van der Waals surface area contributed by atoms with Gasteiger partial charge in [0, 0.05) is 13.1 Å². The number of aliphatic hydroxyl groups is 1. The van der Waals surface area contributed by atoms with Crippen molar-refractivity contribution >= 4 is 33.1 Å². The highest BCUT2D eigenvalue weighted by Gasteiger charge is 2.44. The molecular formula is C25H30F4N4O6S. The summed E-state index contributed by atoms with van der Waals surface area (Å²) in [6, 6.07) is 6.91. The molecule has 1 aliphatic heterocycles. The highest BCUT2D eigenvalue weighted by Crippen LogP contribution is 2.54. The number of carbonyl (C=O) groups excluding carboxylic acids is 1. The minimum Gasteiger partial charge on any atom is -0.475 e. The SMILES string of the molecule is O=C(Nc1ccc(OCF)c(OCCC(F)(F)F)n1)c1ccc(NS(=O)(=O)CCO)cc1N1CCC2(CC1)CC2. The molecule has 2 aromatic rings. The van der Waals surface area contributed by atoms with E-state index in [1.807, 2.05) is 4.90 Å². The number of alkyl halides is 4. The van der Waals surface area contributed by atoms with E-state index in [4.69, 9.17) is 14.6 Å². The van der Waals surface area contributed by atoms with Crippen molar-refractivity contribution in [3.63, 3.8) is 0 Å². The molecule has 15 heteroatoms. The highest BCUT2D eigenvalue weighted by atomic mass is 32.2. The number of aliphatic hydroxyl groups excluding tert-OH is 1. The molecule has 220 valence electrons. The van der Waals surface area contributed by atoms with Gasteiger partial charge in [0.05, 0.1) is 42.3 Å². The molecule has 0 radical (unpaired) electrons. The van der Waals surface area contributed by atoms with Crippen LogP contribution in [0, 0.1) is 5.41 Å². The Morgan fingerprint density at radius 1 is 1.10 bits per heavy atom. The molecule has 1 spiro atoms. The number of rotatable bonds is 12. The predicted molar refractivity (Wildman–Crippen MR) is 139 cm³/mol. The molecule has 0 unspecified atom stereocenters. The Bertz CT molecular complexity index is 1310. The van der Waals surface area contributed by atoms with E-state index in [1.165, 1.54) is 24.3 Å². The molecule has 1 amide bonds. The molecule has 2 heterocycles. The highest BCUT2D eigenvalue weighted by molar-refractivity contribution is 7.92. The van der Waals surface area contributed by atoms with Crippen molar-refractivity contribution in [1.29, 1.82) is 0 Å². The quantitative estimate of drug-likeness (QED) is 0.316. The van der Waals surface area contributed by atoms with Crippen molar-refractivity contribution in [2.75, 3.05) is 53.9 Å². The first-order chi connectivity index (χ1) is 18.9. The molecule has 1 saturated heterocycles. The second kappa shape index (κ2) is 12.0. The van der Waals surface area contributed by atoms with Gasteiger partial charge in [-0.1, -0.05) is 0 Å². The standard InChI is InChI=1S/C25H30F4N4O6S/c26-16-39-20-3-4-21(31-23(20)38-13-9-25(27,28)29)30-22(35)18-2-1-17(32-40(36,37)14-12-34)15-19(18)33-10-7-24(5-6-24)8-11-33/h1-4,15,32,34H,5-14,16H2,(H,30,31,35). The van der Waals surface area contributed by atoms with Crippen LogP contribution in [0.4, 0.5) is 34.8 Å². The number of piperidine rings is 1. The largest absolute Gasteiger partial charge is 0.475 e. The molecule has 4 rings (SSSR count). The number of anilines is 3. The molecule has 1 aromatic carbocycles. The molecule has 0 atom stereocenters. The lowest BCUT2D eigenvalue weighted by atomic mass is 9.93. The summed E-state index contributed by atoms with van der Waals surface area (Å²) in [5.41, 5.74) is 1.26. The summed E-state index contributed by atoms with van der Waals surface area (Å²) in [4.78, 5) is 19.3. The van der Waals surface area contributed by atoms with Crippen molar-refractivity contribution in [3.8, 4) is 11.6 Å². The Hall–Kier alpha value is -3.33. The van der Waals surface area contributed by atoms with Crippen LogP contribution in [-0.2, 0) is 10.0 Å². The Kier molecular flexibility index (Phi) is 8.93. The van der Waals surface area contributed by atoms with Gasteiger partial charge in [-0.25, -0.2) is 12.8 Å². The summed E-state index contributed by atoms with van der Waals surface area (Å²) >= 11 is 0. The number of benzene rings is 1. The van der Waals surface area contributed by atoms with E-state index in [-0.39, 0.29) is 22.8 Å². The van der Waals surface area contributed by atoms with Crippen molar-refractivity contribution < 1.29 is 45.4 Å². The van der Waals surface area contributed by atoms with Gasteiger partial charge in [-0.3, -0.25) is 9.52 Å². The van der Waals surface area contributed by atoms with Crippen molar-refractivity contribution in [2.45, 2.75) is 38.3 Å². The lowest BCUT2D eigenvalue weighted by Crippen LogP contribution is -2.35. The summed E-state index contributed by atoms with van der Waals surface area (Å²) in [6.07, 6.45) is -1.55. The normalized spacial score (nSPS) is 16.5. The maximum atomic E-state index is 13.4. The van der Waals surface area contributed by atoms with E-state index in [1.54, 1.807) is 6.07 Å². The molecule has 1 saturated carbocycles. The Balaban J connectivity index is 1.57. The van der Waals surface area contributed by atoms with Crippen LogP contribution >= 0.6 is 0 Å². The molecular weight excluding hydrogens is 560 g/mol. The van der Waals surface area contributed by atoms with Crippen LogP contribution in [0.1, 0.15) is 42.5 Å². The first kappa shape index (κ1) is 29.6. The molecule has 40 heavy (non-hydrogen) atoms. The zero-order chi connectivity index (χ0) is 29.0. The number of hydrogen-bond donors (Lipinski definition) is 3. The lowest BCUT2D eigenvalue weighted by molar-refractivity contribution is -0.139. The van der Waals surface area contributed by atoms with Gasteiger partial charge < -0.3 is 24.8 Å². The summed E-state index contributed by atoms with van der Waals surface area (Å²) in [7, 11) is -3.81. The predicted octanol–water partition coefficient (Wildman–Crippen LogP) is 4.09. The summed E-state index contributed by atoms with van der Waals surface area (Å²) in [5, 5.41) is 11.6. The molecule has 3 N–H and O–H groups in total. The Labute approximate surface area is 228 Å². The summed E-state index contributed by atoms with van der Waals surface area (Å²) < 4.78 is 86.9. The number of hydrogen-bond acceptors (Lipinski definition) is 8. The number of amides is 1. The van der Waals surface area contributed by atoms with Crippen molar-refractivity contribution in [1.82, 2.24) is 4.98 Å². The topological polar surface area (TPSA) is 130 Å². The second-order valence-electron chi connectivity index (χ2n) is 9.78. The molecule has 10 nitrogen and oxygen atoms in total. The number of nitrogens with one attached hydrogen (secondary N) is 2. The number of carbonyl (C=O) groups is 1. The lowest BCUT2D eigenvalue weighted by Gasteiger charge is -2.35. The fourth-order valence-electron chi connectivity index (χ4n) is 4.51. The van der Waals surface area contributed by atoms with Crippen LogP contribution in [0.5, 0.6) is 11.6 Å². The van der Waals surface area contributed by atoms with E-state index in [2.05, 4.69) is 15.0 Å². The number of aromatic nitrogens is 1. The zero-order valence-corrected chi connectivity index (χ0v) is 22.3. The van der Waals surface area contributed by atoms with Crippen LogP contribution in [-0.4, -0.2) is 69.5 Å².